The first-order valence-electron chi connectivity index (χ1n) is 8.48. The Bertz CT molecular complexity index is 830. The molecule has 2 aromatic rings. The van der Waals surface area contributed by atoms with E-state index in [1.807, 2.05) is 31.2 Å². The van der Waals surface area contributed by atoms with Crippen LogP contribution >= 0.6 is 11.6 Å². The number of rotatable bonds is 3. The zero-order valence-corrected chi connectivity index (χ0v) is 15.6. The molecule has 0 N–H and O–H groups in total. The lowest BCUT2D eigenvalue weighted by atomic mass is 10.1. The van der Waals surface area contributed by atoms with Crippen LogP contribution in [0.25, 0.3) is 0 Å². The Morgan fingerprint density at radius 3 is 2.00 bits per heavy atom. The SMILES string of the molecule is COc1ccc(C(=O)N2CCN(C(=O)c3cccc(C)c3)CC2)cc1Cl. The fourth-order valence-electron chi connectivity index (χ4n) is 3.06. The number of nitrogens with zero attached hydrogens (tertiary/aromatic N) is 2. The van der Waals surface area contributed by atoms with Gasteiger partial charge in [0.2, 0.25) is 0 Å². The normalized spacial score (nSPS) is 14.3. The molecule has 5 nitrogen and oxygen atoms in total. The zero-order valence-electron chi connectivity index (χ0n) is 14.9. The molecule has 0 bridgehead atoms. The van der Waals surface area contributed by atoms with Gasteiger partial charge in [0.25, 0.3) is 11.8 Å². The van der Waals surface area contributed by atoms with Gasteiger partial charge in [-0.25, -0.2) is 0 Å². The maximum atomic E-state index is 12.7. The van der Waals surface area contributed by atoms with Crippen LogP contribution in [0.3, 0.4) is 0 Å². The molecule has 0 unspecified atom stereocenters. The maximum absolute atomic E-state index is 12.7. The lowest BCUT2D eigenvalue weighted by molar-refractivity contribution is 0.0535. The van der Waals surface area contributed by atoms with Gasteiger partial charge >= 0.3 is 0 Å². The highest BCUT2D eigenvalue weighted by Gasteiger charge is 2.25. The monoisotopic (exact) mass is 372 g/mol. The summed E-state index contributed by atoms with van der Waals surface area (Å²) in [5, 5.41) is 0.409. The minimum Gasteiger partial charge on any atom is -0.495 e. The second kappa shape index (κ2) is 7.79. The number of halogens is 1. The number of benzene rings is 2. The molecular formula is C20H21ClN2O3. The third kappa shape index (κ3) is 3.83. The van der Waals surface area contributed by atoms with Gasteiger partial charge in [-0.3, -0.25) is 9.59 Å². The fraction of sp³-hybridized carbons (Fsp3) is 0.300. The third-order valence-electron chi connectivity index (χ3n) is 4.52. The molecule has 3 rings (SSSR count). The number of carbonyl (C=O) groups is 2. The second-order valence-corrected chi connectivity index (χ2v) is 6.71. The van der Waals surface area contributed by atoms with E-state index in [4.69, 9.17) is 16.3 Å². The molecule has 136 valence electrons. The molecule has 0 atom stereocenters. The highest BCUT2D eigenvalue weighted by atomic mass is 35.5. The van der Waals surface area contributed by atoms with Crippen LogP contribution in [0.2, 0.25) is 5.02 Å². The van der Waals surface area contributed by atoms with Crippen LogP contribution in [0, 0.1) is 6.92 Å². The van der Waals surface area contributed by atoms with E-state index in [1.165, 1.54) is 7.11 Å². The molecule has 1 heterocycles. The van der Waals surface area contributed by atoms with Crippen LogP contribution in [-0.4, -0.2) is 54.9 Å². The largest absolute Gasteiger partial charge is 0.495 e. The summed E-state index contributed by atoms with van der Waals surface area (Å²) in [7, 11) is 1.53. The Kier molecular flexibility index (Phi) is 5.47. The van der Waals surface area contributed by atoms with Crippen molar-refractivity contribution in [2.45, 2.75) is 6.92 Å². The van der Waals surface area contributed by atoms with E-state index < -0.39 is 0 Å². The molecular weight excluding hydrogens is 352 g/mol. The molecule has 1 aliphatic rings. The summed E-state index contributed by atoms with van der Waals surface area (Å²) in [6, 6.07) is 12.6. The average molecular weight is 373 g/mol. The summed E-state index contributed by atoms with van der Waals surface area (Å²) < 4.78 is 5.12. The van der Waals surface area contributed by atoms with Gasteiger partial charge in [-0.1, -0.05) is 29.3 Å². The van der Waals surface area contributed by atoms with Crippen LogP contribution in [0.1, 0.15) is 26.3 Å². The molecule has 0 radical (unpaired) electrons. The smallest absolute Gasteiger partial charge is 0.254 e. The average Bonchev–Trinajstić information content (AvgIpc) is 2.67. The Morgan fingerprint density at radius 1 is 0.923 bits per heavy atom. The number of hydrogen-bond acceptors (Lipinski definition) is 3. The van der Waals surface area contributed by atoms with Crippen molar-refractivity contribution < 1.29 is 14.3 Å². The fourth-order valence-corrected chi connectivity index (χ4v) is 3.31. The topological polar surface area (TPSA) is 49.9 Å². The molecule has 2 aromatic carbocycles. The van der Waals surface area contributed by atoms with Crippen LogP contribution in [0.5, 0.6) is 5.75 Å². The van der Waals surface area contributed by atoms with Gasteiger partial charge in [0, 0.05) is 37.3 Å². The minimum absolute atomic E-state index is 0.00768. The first kappa shape index (κ1) is 18.3. The number of ether oxygens (including phenoxy) is 1. The van der Waals surface area contributed by atoms with Crippen molar-refractivity contribution in [2.75, 3.05) is 33.3 Å². The molecule has 1 saturated heterocycles. The van der Waals surface area contributed by atoms with Crippen molar-refractivity contribution >= 4 is 23.4 Å². The molecule has 26 heavy (non-hydrogen) atoms. The predicted octanol–water partition coefficient (Wildman–Crippen LogP) is 3.26. The standard InChI is InChI=1S/C20H21ClN2O3/c1-14-4-3-5-15(12-14)19(24)22-8-10-23(11-9-22)20(25)16-6-7-18(26-2)17(21)13-16/h3-7,12-13H,8-11H2,1-2H3. The lowest BCUT2D eigenvalue weighted by Crippen LogP contribution is -2.50. The summed E-state index contributed by atoms with van der Waals surface area (Å²) in [5.74, 6) is 0.460. The molecule has 1 fully saturated rings. The molecule has 0 aromatic heterocycles. The number of piperazine rings is 1. The molecule has 0 saturated carbocycles. The van der Waals surface area contributed by atoms with Crippen LogP contribution in [0.15, 0.2) is 42.5 Å². The predicted molar refractivity (Wildman–Crippen MR) is 101 cm³/mol. The number of hydrogen-bond donors (Lipinski definition) is 0. The van der Waals surface area contributed by atoms with Crippen LogP contribution < -0.4 is 4.74 Å². The Balaban J connectivity index is 1.63. The van der Waals surface area contributed by atoms with Crippen molar-refractivity contribution in [1.29, 1.82) is 0 Å². The lowest BCUT2D eigenvalue weighted by Gasteiger charge is -2.35. The van der Waals surface area contributed by atoms with E-state index in [1.54, 1.807) is 28.0 Å². The summed E-state index contributed by atoms with van der Waals surface area (Å²) in [6.07, 6.45) is 0. The van der Waals surface area contributed by atoms with Gasteiger partial charge < -0.3 is 14.5 Å². The van der Waals surface area contributed by atoms with Gasteiger partial charge in [-0.2, -0.15) is 0 Å². The van der Waals surface area contributed by atoms with Crippen molar-refractivity contribution in [3.63, 3.8) is 0 Å². The van der Waals surface area contributed by atoms with Gasteiger partial charge in [0.15, 0.2) is 0 Å². The molecule has 2 amide bonds. The first-order chi connectivity index (χ1) is 12.5. The highest BCUT2D eigenvalue weighted by Crippen LogP contribution is 2.25. The molecule has 0 spiro atoms. The van der Waals surface area contributed by atoms with Gasteiger partial charge in [0.05, 0.1) is 12.1 Å². The summed E-state index contributed by atoms with van der Waals surface area (Å²) in [5.41, 5.74) is 2.27. The van der Waals surface area contributed by atoms with Crippen LogP contribution in [0.4, 0.5) is 0 Å². The quantitative estimate of drug-likeness (QED) is 0.831. The molecule has 0 aliphatic carbocycles. The van der Waals surface area contributed by atoms with Crippen molar-refractivity contribution in [2.24, 2.45) is 0 Å². The summed E-state index contributed by atoms with van der Waals surface area (Å²) >= 11 is 6.11. The van der Waals surface area contributed by atoms with Crippen molar-refractivity contribution in [3.05, 3.63) is 64.2 Å². The van der Waals surface area contributed by atoms with E-state index in [0.717, 1.165) is 5.56 Å². The maximum Gasteiger partial charge on any atom is 0.254 e. The number of amides is 2. The van der Waals surface area contributed by atoms with Crippen LogP contribution in [-0.2, 0) is 0 Å². The highest BCUT2D eigenvalue weighted by molar-refractivity contribution is 6.32. The Hall–Kier alpha value is -2.53. The zero-order chi connectivity index (χ0) is 18.7. The third-order valence-corrected chi connectivity index (χ3v) is 4.81. The van der Waals surface area contributed by atoms with Gasteiger partial charge in [0.1, 0.15) is 5.75 Å². The van der Waals surface area contributed by atoms with E-state index in [-0.39, 0.29) is 11.8 Å². The minimum atomic E-state index is -0.0859. The number of aryl methyl sites for hydroxylation is 1. The molecule has 1 aliphatic heterocycles. The Labute approximate surface area is 158 Å². The molecule has 6 heteroatoms. The van der Waals surface area contributed by atoms with Crippen molar-refractivity contribution in [3.8, 4) is 5.75 Å². The van der Waals surface area contributed by atoms with E-state index in [9.17, 15) is 9.59 Å². The number of methoxy groups -OCH3 is 1. The Morgan fingerprint density at radius 2 is 1.50 bits per heavy atom. The summed E-state index contributed by atoms with van der Waals surface area (Å²) in [6.45, 7) is 4.00. The van der Waals surface area contributed by atoms with E-state index in [2.05, 4.69) is 0 Å². The van der Waals surface area contributed by atoms with Gasteiger partial charge in [-0.15, -0.1) is 0 Å². The van der Waals surface area contributed by atoms with Gasteiger partial charge in [-0.05, 0) is 37.3 Å². The van der Waals surface area contributed by atoms with E-state index >= 15 is 0 Å². The van der Waals surface area contributed by atoms with Crippen molar-refractivity contribution in [1.82, 2.24) is 9.80 Å². The first-order valence-corrected chi connectivity index (χ1v) is 8.86. The second-order valence-electron chi connectivity index (χ2n) is 6.30. The summed E-state index contributed by atoms with van der Waals surface area (Å²) in [4.78, 5) is 28.8. The number of carbonyl (C=O) groups excluding carboxylic acids is 2. The van der Waals surface area contributed by atoms with E-state index in [0.29, 0.717) is 48.1 Å².